The molecular formula is C29H35F3N2O4. The number of aliphatic hydroxyl groups excluding tert-OH is 1. The number of carbonyl (C=O) groups excluding carboxylic acids is 1. The number of hydrogen-bond donors (Lipinski definition) is 1. The number of carbonyl (C=O) groups is 1. The van der Waals surface area contributed by atoms with Crippen LogP contribution in [0.3, 0.4) is 0 Å². The summed E-state index contributed by atoms with van der Waals surface area (Å²) < 4.78 is 51.4. The molecular weight excluding hydrogens is 497 g/mol. The van der Waals surface area contributed by atoms with Crippen molar-refractivity contribution in [1.82, 2.24) is 9.80 Å². The van der Waals surface area contributed by atoms with Crippen molar-refractivity contribution in [2.75, 3.05) is 39.4 Å². The number of allylic oxidation sites excluding steroid dienone is 1. The Kier molecular flexibility index (Phi) is 9.46. The summed E-state index contributed by atoms with van der Waals surface area (Å²) in [7, 11) is 0. The van der Waals surface area contributed by atoms with Crippen molar-refractivity contribution < 1.29 is 32.5 Å². The van der Waals surface area contributed by atoms with E-state index in [1.54, 1.807) is 11.0 Å². The van der Waals surface area contributed by atoms with E-state index in [0.717, 1.165) is 31.8 Å². The van der Waals surface area contributed by atoms with Crippen LogP contribution in [-0.4, -0.2) is 66.5 Å². The van der Waals surface area contributed by atoms with Gasteiger partial charge in [-0.1, -0.05) is 42.5 Å². The third-order valence-electron chi connectivity index (χ3n) is 7.15. The largest absolute Gasteiger partial charge is 0.459 e. The van der Waals surface area contributed by atoms with Gasteiger partial charge < -0.3 is 19.5 Å². The SMILES string of the molecule is CCO[C@@H]1OC(C(=O)N2CCN(Cc3ccccc3)CC2)=C[C@H](c2ccc(C(F)(F)F)cc2)[C@@H]1CCCO. The van der Waals surface area contributed by atoms with Crippen LogP contribution in [0.1, 0.15) is 42.4 Å². The highest BCUT2D eigenvalue weighted by Gasteiger charge is 2.39. The Bertz CT molecular complexity index is 1070. The first-order chi connectivity index (χ1) is 18.3. The molecule has 6 nitrogen and oxygen atoms in total. The summed E-state index contributed by atoms with van der Waals surface area (Å²) in [5.41, 5.74) is 1.14. The third kappa shape index (κ3) is 6.95. The Hall–Kier alpha value is -2.88. The van der Waals surface area contributed by atoms with Gasteiger partial charge in [-0.25, -0.2) is 0 Å². The molecule has 0 spiro atoms. The molecule has 0 aliphatic carbocycles. The van der Waals surface area contributed by atoms with Gasteiger partial charge >= 0.3 is 6.18 Å². The van der Waals surface area contributed by atoms with Crippen molar-refractivity contribution in [2.45, 2.75) is 44.7 Å². The maximum Gasteiger partial charge on any atom is 0.416 e. The minimum atomic E-state index is -4.43. The number of alkyl halides is 3. The van der Waals surface area contributed by atoms with E-state index in [1.165, 1.54) is 17.7 Å². The second kappa shape index (κ2) is 12.8. The van der Waals surface area contributed by atoms with E-state index in [0.29, 0.717) is 38.1 Å². The summed E-state index contributed by atoms with van der Waals surface area (Å²) in [6.07, 6.45) is -2.45. The van der Waals surface area contributed by atoms with Gasteiger partial charge in [-0.3, -0.25) is 9.69 Å². The first kappa shape index (κ1) is 28.1. The summed E-state index contributed by atoms with van der Waals surface area (Å²) in [5.74, 6) is -0.748. The zero-order valence-electron chi connectivity index (χ0n) is 21.6. The van der Waals surface area contributed by atoms with Crippen molar-refractivity contribution in [3.8, 4) is 0 Å². The third-order valence-corrected chi connectivity index (χ3v) is 7.15. The van der Waals surface area contributed by atoms with Crippen LogP contribution in [0.5, 0.6) is 0 Å². The van der Waals surface area contributed by atoms with Crippen molar-refractivity contribution in [2.24, 2.45) is 5.92 Å². The minimum absolute atomic E-state index is 0.0299. The van der Waals surface area contributed by atoms with Gasteiger partial charge in [0.1, 0.15) is 0 Å². The molecule has 0 radical (unpaired) electrons. The molecule has 206 valence electrons. The summed E-state index contributed by atoms with van der Waals surface area (Å²) in [6, 6.07) is 15.2. The lowest BCUT2D eigenvalue weighted by atomic mass is 9.80. The Balaban J connectivity index is 1.53. The number of nitrogens with zero attached hydrogens (tertiary/aromatic N) is 2. The molecule has 3 atom stereocenters. The van der Waals surface area contributed by atoms with Crippen LogP contribution in [0.4, 0.5) is 13.2 Å². The van der Waals surface area contributed by atoms with Crippen LogP contribution < -0.4 is 0 Å². The Morgan fingerprint density at radius 1 is 1.05 bits per heavy atom. The van der Waals surface area contributed by atoms with Gasteiger partial charge in [0, 0.05) is 57.8 Å². The van der Waals surface area contributed by atoms with Crippen molar-refractivity contribution in [3.05, 3.63) is 83.1 Å². The normalized spacial score (nSPS) is 22.6. The molecule has 1 amide bonds. The van der Waals surface area contributed by atoms with E-state index in [9.17, 15) is 23.1 Å². The van der Waals surface area contributed by atoms with Crippen LogP contribution in [0, 0.1) is 5.92 Å². The highest BCUT2D eigenvalue weighted by atomic mass is 19.4. The molecule has 2 aliphatic rings. The van der Waals surface area contributed by atoms with Gasteiger partial charge in [0.2, 0.25) is 6.29 Å². The number of aliphatic hydroxyl groups is 1. The predicted octanol–water partition coefficient (Wildman–Crippen LogP) is 4.80. The van der Waals surface area contributed by atoms with Crippen molar-refractivity contribution in [3.63, 3.8) is 0 Å². The molecule has 0 bridgehead atoms. The highest BCUT2D eigenvalue weighted by Crippen LogP contribution is 2.40. The average Bonchev–Trinajstić information content (AvgIpc) is 2.92. The first-order valence-corrected chi connectivity index (χ1v) is 13.1. The number of ether oxygens (including phenoxy) is 2. The van der Waals surface area contributed by atoms with E-state index < -0.39 is 23.9 Å². The maximum absolute atomic E-state index is 13.5. The molecule has 4 rings (SSSR count). The lowest BCUT2D eigenvalue weighted by Crippen LogP contribution is -2.49. The molecule has 2 heterocycles. The fourth-order valence-electron chi connectivity index (χ4n) is 5.14. The number of amides is 1. The Morgan fingerprint density at radius 2 is 1.74 bits per heavy atom. The number of benzene rings is 2. The molecule has 1 saturated heterocycles. The standard InChI is InChI=1S/C29H35F3N2O4/c1-2-37-28-24(9-6-18-35)25(22-10-12-23(13-11-22)29(30,31)32)19-26(38-28)27(36)34-16-14-33(15-17-34)20-21-7-4-3-5-8-21/h3-5,7-8,10-13,19,24-25,28,35H,2,6,9,14-18,20H2,1H3/t24-,25+,28+/m0/s1. The van der Waals surface area contributed by atoms with E-state index in [-0.39, 0.29) is 24.2 Å². The smallest absolute Gasteiger partial charge is 0.416 e. The second-order valence-electron chi connectivity index (χ2n) is 9.70. The molecule has 0 unspecified atom stereocenters. The molecule has 9 heteroatoms. The van der Waals surface area contributed by atoms with Crippen LogP contribution in [0.15, 0.2) is 66.4 Å². The number of halogens is 3. The maximum atomic E-state index is 13.5. The van der Waals surface area contributed by atoms with E-state index in [1.807, 2.05) is 25.1 Å². The Morgan fingerprint density at radius 3 is 2.34 bits per heavy atom. The predicted molar refractivity (Wildman–Crippen MR) is 137 cm³/mol. The van der Waals surface area contributed by atoms with E-state index in [2.05, 4.69) is 17.0 Å². The van der Waals surface area contributed by atoms with Crippen molar-refractivity contribution >= 4 is 5.91 Å². The lowest BCUT2D eigenvalue weighted by molar-refractivity contribution is -0.171. The summed E-state index contributed by atoms with van der Waals surface area (Å²) in [6.45, 7) is 5.50. The second-order valence-corrected chi connectivity index (χ2v) is 9.70. The first-order valence-electron chi connectivity index (χ1n) is 13.1. The van der Waals surface area contributed by atoms with Crippen LogP contribution in [-0.2, 0) is 27.0 Å². The summed E-state index contributed by atoms with van der Waals surface area (Å²) >= 11 is 0. The number of hydrogen-bond acceptors (Lipinski definition) is 5. The van der Waals surface area contributed by atoms with Crippen LogP contribution in [0.25, 0.3) is 0 Å². The minimum Gasteiger partial charge on any atom is -0.459 e. The van der Waals surface area contributed by atoms with E-state index >= 15 is 0 Å². The zero-order valence-corrected chi connectivity index (χ0v) is 21.6. The average molecular weight is 533 g/mol. The summed E-state index contributed by atoms with van der Waals surface area (Å²) in [4.78, 5) is 17.6. The van der Waals surface area contributed by atoms with Gasteiger partial charge in [0.15, 0.2) is 5.76 Å². The van der Waals surface area contributed by atoms with Gasteiger partial charge in [-0.2, -0.15) is 13.2 Å². The molecule has 2 aromatic carbocycles. The lowest BCUT2D eigenvalue weighted by Gasteiger charge is -2.39. The van der Waals surface area contributed by atoms with Gasteiger partial charge in [0.05, 0.1) is 5.56 Å². The van der Waals surface area contributed by atoms with Crippen LogP contribution in [0.2, 0.25) is 0 Å². The molecule has 38 heavy (non-hydrogen) atoms. The summed E-state index contributed by atoms with van der Waals surface area (Å²) in [5, 5.41) is 9.43. The number of piperazine rings is 1. The molecule has 1 N–H and O–H groups in total. The molecule has 1 fully saturated rings. The topological polar surface area (TPSA) is 62.2 Å². The quantitative estimate of drug-likeness (QED) is 0.503. The Labute approximate surface area is 221 Å². The molecule has 2 aliphatic heterocycles. The fraction of sp³-hybridized carbons (Fsp3) is 0.483. The van der Waals surface area contributed by atoms with Gasteiger partial charge in [-0.05, 0) is 49.1 Å². The molecule has 0 saturated carbocycles. The van der Waals surface area contributed by atoms with Crippen LogP contribution >= 0.6 is 0 Å². The van der Waals surface area contributed by atoms with Gasteiger partial charge in [0.25, 0.3) is 5.91 Å². The molecule has 0 aromatic heterocycles. The monoisotopic (exact) mass is 532 g/mol. The highest BCUT2D eigenvalue weighted by molar-refractivity contribution is 5.92. The number of rotatable bonds is 9. The molecule has 2 aromatic rings. The fourth-order valence-corrected chi connectivity index (χ4v) is 5.14. The zero-order chi connectivity index (χ0) is 27.1. The van der Waals surface area contributed by atoms with Crippen molar-refractivity contribution in [1.29, 1.82) is 0 Å². The van der Waals surface area contributed by atoms with Gasteiger partial charge in [-0.15, -0.1) is 0 Å². The van der Waals surface area contributed by atoms with E-state index in [4.69, 9.17) is 9.47 Å².